The molecule has 34 heteroatoms. The molecule has 2 N–H and O–H groups in total. The number of nitrogens with one attached hydrogen (secondary N) is 2. The molecule has 12 rings (SSSR count). The molecule has 9 aromatic carbocycles. The second kappa shape index (κ2) is 40.0. The molecular formula is C73H68Cl12N10O6S6. The minimum atomic E-state index is -3.90. The van der Waals surface area contributed by atoms with Crippen LogP contribution in [-0.2, 0) is 30.1 Å². The lowest BCUT2D eigenvalue weighted by Gasteiger charge is -2.44. The van der Waals surface area contributed by atoms with E-state index in [0.29, 0.717) is 104 Å². The first-order chi connectivity index (χ1) is 51.0. The Kier molecular flexibility index (Phi) is 32.2. The molecule has 3 aliphatic rings. The zero-order valence-electron chi connectivity index (χ0n) is 57.2. The van der Waals surface area contributed by atoms with E-state index in [0.717, 1.165) is 52.8 Å². The maximum atomic E-state index is 13.0. The summed E-state index contributed by atoms with van der Waals surface area (Å²) in [6.07, 6.45) is 5.38. The number of thioether (sulfide) groups is 3. The highest BCUT2D eigenvalue weighted by Gasteiger charge is 2.35. The van der Waals surface area contributed by atoms with E-state index in [1.54, 1.807) is 43.8 Å². The summed E-state index contributed by atoms with van der Waals surface area (Å²) in [6, 6.07) is 57.5. The summed E-state index contributed by atoms with van der Waals surface area (Å²) >= 11 is 77.3. The van der Waals surface area contributed by atoms with Gasteiger partial charge in [0.1, 0.15) is 4.38 Å². The van der Waals surface area contributed by atoms with Gasteiger partial charge < -0.3 is 29.8 Å². The first-order valence-electron chi connectivity index (χ1n) is 32.2. The SMILES string of the molecule is CN=C(NS(=O)(=O)c1ccc(Cl)cc1)N1CCN(c2ccc(Cl)cc2Cl)C(c2ccc(Cl)cc2)C1.CSC(=NS(=O)(=O)c1ccc(Cl)cc1)N1CCN(c2ccc(Cl)cc2Cl)C(c2ccc(Cl)cc2)C1.CSC(=NS(=O)(=O)c1ccc(Cl)cc1)SC.Clc1ccc(C2CNCCN2c2ccc(Cl)cc2Cl)cc1. The van der Waals surface area contributed by atoms with Crippen LogP contribution in [0.2, 0.25) is 60.3 Å². The van der Waals surface area contributed by atoms with Gasteiger partial charge in [-0.2, -0.15) is 16.8 Å². The molecule has 0 aliphatic carbocycles. The lowest BCUT2D eigenvalue weighted by molar-refractivity contribution is 0.324. The van der Waals surface area contributed by atoms with Crippen LogP contribution in [0, 0.1) is 0 Å². The Morgan fingerprint density at radius 3 is 1.08 bits per heavy atom. The molecule has 3 aliphatic heterocycles. The molecule has 566 valence electrons. The normalized spacial score (nSPS) is 16.5. The summed E-state index contributed by atoms with van der Waals surface area (Å²) in [6.45, 7) is 5.88. The fraction of sp³-hybridized carbons (Fsp3) is 0.219. The van der Waals surface area contributed by atoms with Gasteiger partial charge in [-0.05, 0) is 199 Å². The summed E-state index contributed by atoms with van der Waals surface area (Å²) in [5, 5.41) is 10.8. The summed E-state index contributed by atoms with van der Waals surface area (Å²) < 4.78 is 86.6. The Hall–Kier alpha value is -4.87. The third-order valence-electron chi connectivity index (χ3n) is 16.7. The number of rotatable bonds is 12. The number of benzene rings is 9. The maximum absolute atomic E-state index is 13.0. The maximum Gasteiger partial charge on any atom is 0.284 e. The van der Waals surface area contributed by atoms with Crippen molar-refractivity contribution in [1.82, 2.24) is 19.8 Å². The highest BCUT2D eigenvalue weighted by molar-refractivity contribution is 8.38. The molecular weight excluding hydrogens is 1730 g/mol. The fourth-order valence-corrected chi connectivity index (χ4v) is 19.4. The number of guanidine groups is 1. The van der Waals surface area contributed by atoms with E-state index in [9.17, 15) is 25.3 Å². The Bertz CT molecular complexity index is 4970. The predicted molar refractivity (Wildman–Crippen MR) is 458 cm³/mol. The van der Waals surface area contributed by atoms with Crippen molar-refractivity contribution in [3.05, 3.63) is 277 Å². The molecule has 0 radical (unpaired) electrons. The van der Waals surface area contributed by atoms with Gasteiger partial charge in [-0.1, -0.05) is 187 Å². The van der Waals surface area contributed by atoms with E-state index in [2.05, 4.69) is 50.7 Å². The van der Waals surface area contributed by atoms with Crippen molar-refractivity contribution >= 4 is 237 Å². The summed E-state index contributed by atoms with van der Waals surface area (Å²) in [4.78, 5) is 15.2. The molecule has 0 saturated carbocycles. The zero-order chi connectivity index (χ0) is 77.3. The van der Waals surface area contributed by atoms with Crippen molar-refractivity contribution in [2.24, 2.45) is 13.8 Å². The number of anilines is 3. The van der Waals surface area contributed by atoms with Crippen molar-refractivity contribution in [2.45, 2.75) is 32.8 Å². The van der Waals surface area contributed by atoms with E-state index in [4.69, 9.17) is 139 Å². The lowest BCUT2D eigenvalue weighted by Crippen LogP contribution is -2.54. The summed E-state index contributed by atoms with van der Waals surface area (Å²) in [7, 11) is -9.81. The quantitative estimate of drug-likeness (QED) is 0.0871. The minimum absolute atomic E-state index is 0.0919. The molecule has 3 heterocycles. The Morgan fingerprint density at radius 1 is 0.393 bits per heavy atom. The van der Waals surface area contributed by atoms with Crippen LogP contribution >= 0.6 is 174 Å². The summed E-state index contributed by atoms with van der Waals surface area (Å²) in [5.74, 6) is 0.251. The highest BCUT2D eigenvalue weighted by atomic mass is 35.5. The van der Waals surface area contributed by atoms with Crippen molar-refractivity contribution in [2.75, 3.05) is 99.4 Å². The average molecular weight is 1800 g/mol. The Morgan fingerprint density at radius 2 is 0.720 bits per heavy atom. The van der Waals surface area contributed by atoms with E-state index in [1.807, 2.05) is 107 Å². The molecule has 0 aromatic heterocycles. The van der Waals surface area contributed by atoms with Crippen LogP contribution in [-0.4, -0.2) is 135 Å². The van der Waals surface area contributed by atoms with Gasteiger partial charge in [0.15, 0.2) is 5.17 Å². The van der Waals surface area contributed by atoms with Crippen LogP contribution in [0.5, 0.6) is 0 Å². The number of sulfonamides is 3. The number of halogens is 12. The van der Waals surface area contributed by atoms with Crippen LogP contribution < -0.4 is 24.7 Å². The topological polar surface area (TPSA) is 180 Å². The molecule has 3 unspecified atom stereocenters. The van der Waals surface area contributed by atoms with E-state index in [1.165, 1.54) is 114 Å². The van der Waals surface area contributed by atoms with Gasteiger partial charge in [-0.3, -0.25) is 4.99 Å². The summed E-state index contributed by atoms with van der Waals surface area (Å²) in [5.41, 5.74) is 5.95. The van der Waals surface area contributed by atoms with Gasteiger partial charge in [0.2, 0.25) is 5.96 Å². The standard InChI is InChI=1S/C24H22Cl4N4O2S.C24H21Cl4N3O2S2.C16H15Cl3N2.C9H10ClNO2S3/c1-29-24(30-35(33,34)20-9-6-18(26)7-10-20)31-12-13-32(22-11-8-19(27)14-21(22)28)23(15-31)16-2-4-17(25)5-3-16;1-34-24(29-35(32,33)20-9-6-18(26)7-10-20)30-12-13-31(22-11-8-19(27)14-21(22)28)23(15-30)16-2-4-17(25)5-3-16;17-12-3-1-11(2-4-12)16-10-20-7-8-21(16)15-6-5-13(18)9-14(15)19;1-14-9(15-2)11-16(12,13)8-5-3-7(10)4-6-8/h2-11,14,23H,12-13,15H2,1H3,(H,29,30);2-11,14,23H,12-13,15H2,1H3;1-6,9,16,20H,7-8,10H2;3-6H,1-2H3. The van der Waals surface area contributed by atoms with Gasteiger partial charge >= 0.3 is 0 Å². The molecule has 3 atom stereocenters. The molecule has 107 heavy (non-hydrogen) atoms. The fourth-order valence-electron chi connectivity index (χ4n) is 11.5. The molecule has 0 bridgehead atoms. The minimum Gasteiger partial charge on any atom is -0.361 e. The largest absolute Gasteiger partial charge is 0.361 e. The van der Waals surface area contributed by atoms with Gasteiger partial charge in [0, 0.05) is 111 Å². The van der Waals surface area contributed by atoms with Crippen LogP contribution in [0.25, 0.3) is 0 Å². The third-order valence-corrected chi connectivity index (χ3v) is 26.7. The van der Waals surface area contributed by atoms with E-state index in [-0.39, 0.29) is 38.8 Å². The molecule has 0 spiro atoms. The highest BCUT2D eigenvalue weighted by Crippen LogP contribution is 2.41. The van der Waals surface area contributed by atoms with E-state index >= 15 is 0 Å². The number of aliphatic imine (C=N–C) groups is 1. The van der Waals surface area contributed by atoms with Crippen molar-refractivity contribution in [3.63, 3.8) is 0 Å². The number of hydrogen-bond donors (Lipinski definition) is 2. The molecule has 3 saturated heterocycles. The van der Waals surface area contributed by atoms with Crippen LogP contribution in [0.4, 0.5) is 17.1 Å². The second-order valence-corrected chi connectivity index (χ2v) is 36.1. The first kappa shape index (κ1) is 86.1. The van der Waals surface area contributed by atoms with Crippen LogP contribution in [0.3, 0.4) is 0 Å². The molecule has 0 amide bonds. The third kappa shape index (κ3) is 23.8. The van der Waals surface area contributed by atoms with Gasteiger partial charge in [-0.15, -0.1) is 32.3 Å². The van der Waals surface area contributed by atoms with Crippen LogP contribution in [0.15, 0.2) is 229 Å². The number of nitrogens with zero attached hydrogens (tertiary/aromatic N) is 8. The van der Waals surface area contributed by atoms with Crippen molar-refractivity contribution in [3.8, 4) is 0 Å². The van der Waals surface area contributed by atoms with Gasteiger partial charge in [0.05, 0.1) is 64.9 Å². The first-order valence-corrected chi connectivity index (χ1v) is 44.8. The monoisotopic (exact) mass is 1790 g/mol. The second-order valence-electron chi connectivity index (χ2n) is 23.5. The molecule has 3 fully saturated rings. The lowest BCUT2D eigenvalue weighted by atomic mass is 10.0. The molecule has 9 aromatic rings. The molecule has 16 nitrogen and oxygen atoms in total. The number of amidine groups is 1. The number of hydrogen-bond acceptors (Lipinski definition) is 14. The van der Waals surface area contributed by atoms with Gasteiger partial charge in [0.25, 0.3) is 30.1 Å². The predicted octanol–water partition coefficient (Wildman–Crippen LogP) is 21.3. The van der Waals surface area contributed by atoms with Crippen LogP contribution in [0.1, 0.15) is 34.8 Å². The zero-order valence-corrected chi connectivity index (χ0v) is 71.1. The van der Waals surface area contributed by atoms with Gasteiger partial charge in [-0.25, -0.2) is 13.1 Å². The van der Waals surface area contributed by atoms with Crippen molar-refractivity contribution in [1.29, 1.82) is 0 Å². The van der Waals surface area contributed by atoms with Crippen molar-refractivity contribution < 1.29 is 25.3 Å². The average Bonchev–Trinajstić information content (AvgIpc) is 0.782. The smallest absolute Gasteiger partial charge is 0.284 e. The Labute approximate surface area is 698 Å². The van der Waals surface area contributed by atoms with E-state index < -0.39 is 30.1 Å². The Balaban J connectivity index is 0.000000172. The number of piperazine rings is 3.